The first-order valence-electron chi connectivity index (χ1n) is 7.02. The highest BCUT2D eigenvalue weighted by Gasteiger charge is 2.12. The summed E-state index contributed by atoms with van der Waals surface area (Å²) in [5.74, 6) is 1.22. The van der Waals surface area contributed by atoms with E-state index in [1.807, 2.05) is 11.8 Å². The highest BCUT2D eigenvalue weighted by Crippen LogP contribution is 2.23. The van der Waals surface area contributed by atoms with Crippen molar-refractivity contribution in [2.75, 3.05) is 24.0 Å². The zero-order valence-corrected chi connectivity index (χ0v) is 13.8. The zero-order valence-electron chi connectivity index (χ0n) is 12.9. The van der Waals surface area contributed by atoms with Gasteiger partial charge in [-0.25, -0.2) is 0 Å². The van der Waals surface area contributed by atoms with E-state index in [1.54, 1.807) is 0 Å². The Bertz CT molecular complexity index is 390. The van der Waals surface area contributed by atoms with Crippen molar-refractivity contribution in [2.24, 2.45) is 5.73 Å². The Morgan fingerprint density at radius 1 is 1.32 bits per heavy atom. The zero-order chi connectivity index (χ0) is 14.4. The highest BCUT2D eigenvalue weighted by atomic mass is 32.2. The normalized spacial score (nSPS) is 14.2. The topological polar surface area (TPSA) is 29.3 Å². The SMILES string of the molecule is CSCCC(C)N(C)c1ccc(CC(C)N)cc1C. The van der Waals surface area contributed by atoms with E-state index in [1.165, 1.54) is 29.0 Å². The number of nitrogens with zero attached hydrogens (tertiary/aromatic N) is 1. The first-order chi connectivity index (χ1) is 8.95. The monoisotopic (exact) mass is 280 g/mol. The molecular weight excluding hydrogens is 252 g/mol. The predicted octanol–water partition coefficient (Wildman–Crippen LogP) is 3.46. The van der Waals surface area contributed by atoms with Gasteiger partial charge in [0.05, 0.1) is 0 Å². The maximum absolute atomic E-state index is 5.86. The van der Waals surface area contributed by atoms with Gasteiger partial charge in [-0.3, -0.25) is 0 Å². The Morgan fingerprint density at radius 3 is 2.53 bits per heavy atom. The van der Waals surface area contributed by atoms with E-state index in [2.05, 4.69) is 57.2 Å². The molecule has 2 unspecified atom stereocenters. The average Bonchev–Trinajstić information content (AvgIpc) is 2.34. The van der Waals surface area contributed by atoms with Crippen molar-refractivity contribution in [3.63, 3.8) is 0 Å². The van der Waals surface area contributed by atoms with Gasteiger partial charge in [0.1, 0.15) is 0 Å². The molecule has 0 saturated carbocycles. The van der Waals surface area contributed by atoms with Crippen LogP contribution in [0.1, 0.15) is 31.4 Å². The summed E-state index contributed by atoms with van der Waals surface area (Å²) in [6.45, 7) is 6.54. The maximum atomic E-state index is 5.86. The number of aryl methyl sites for hydroxylation is 1. The lowest BCUT2D eigenvalue weighted by Crippen LogP contribution is -2.30. The second-order valence-electron chi connectivity index (χ2n) is 5.54. The van der Waals surface area contributed by atoms with E-state index in [-0.39, 0.29) is 6.04 Å². The Labute approximate surface area is 122 Å². The number of anilines is 1. The van der Waals surface area contributed by atoms with Crippen LogP contribution in [-0.2, 0) is 6.42 Å². The second kappa shape index (κ2) is 7.81. The Morgan fingerprint density at radius 2 is 2.00 bits per heavy atom. The summed E-state index contributed by atoms with van der Waals surface area (Å²) in [7, 11) is 2.19. The molecule has 0 saturated heterocycles. The van der Waals surface area contributed by atoms with Crippen LogP contribution in [0.4, 0.5) is 5.69 Å². The average molecular weight is 280 g/mol. The van der Waals surface area contributed by atoms with Crippen LogP contribution in [0.15, 0.2) is 18.2 Å². The van der Waals surface area contributed by atoms with Gasteiger partial charge in [0, 0.05) is 24.8 Å². The highest BCUT2D eigenvalue weighted by molar-refractivity contribution is 7.98. The van der Waals surface area contributed by atoms with Crippen LogP contribution >= 0.6 is 11.8 Å². The summed E-state index contributed by atoms with van der Waals surface area (Å²) < 4.78 is 0. The molecule has 0 heterocycles. The van der Waals surface area contributed by atoms with Gasteiger partial charge in [-0.05, 0) is 62.8 Å². The third-order valence-corrected chi connectivity index (χ3v) is 4.24. The molecule has 1 rings (SSSR count). The molecule has 0 aliphatic heterocycles. The molecule has 1 aromatic rings. The van der Waals surface area contributed by atoms with E-state index >= 15 is 0 Å². The van der Waals surface area contributed by atoms with Crippen molar-refractivity contribution in [1.29, 1.82) is 0 Å². The van der Waals surface area contributed by atoms with Crippen molar-refractivity contribution in [3.05, 3.63) is 29.3 Å². The molecule has 0 fully saturated rings. The van der Waals surface area contributed by atoms with E-state index in [0.29, 0.717) is 6.04 Å². The van der Waals surface area contributed by atoms with Gasteiger partial charge in [0.25, 0.3) is 0 Å². The van der Waals surface area contributed by atoms with Gasteiger partial charge in [0.2, 0.25) is 0 Å². The van der Waals surface area contributed by atoms with Crippen LogP contribution in [0.2, 0.25) is 0 Å². The molecule has 19 heavy (non-hydrogen) atoms. The van der Waals surface area contributed by atoms with Gasteiger partial charge < -0.3 is 10.6 Å². The molecule has 0 aliphatic carbocycles. The lowest BCUT2D eigenvalue weighted by atomic mass is 10.0. The Kier molecular flexibility index (Phi) is 6.73. The summed E-state index contributed by atoms with van der Waals surface area (Å²) >= 11 is 1.92. The van der Waals surface area contributed by atoms with Gasteiger partial charge in [-0.2, -0.15) is 11.8 Å². The molecule has 0 aliphatic rings. The van der Waals surface area contributed by atoms with Gasteiger partial charge in [0.15, 0.2) is 0 Å². The smallest absolute Gasteiger partial charge is 0.0395 e. The van der Waals surface area contributed by atoms with Crippen LogP contribution < -0.4 is 10.6 Å². The molecule has 0 bridgehead atoms. The van der Waals surface area contributed by atoms with Crippen LogP contribution in [0.5, 0.6) is 0 Å². The van der Waals surface area contributed by atoms with E-state index in [0.717, 1.165) is 6.42 Å². The largest absolute Gasteiger partial charge is 0.372 e. The second-order valence-corrected chi connectivity index (χ2v) is 6.53. The Balaban J connectivity index is 2.77. The Hall–Kier alpha value is -0.670. The van der Waals surface area contributed by atoms with Crippen LogP contribution in [0.3, 0.4) is 0 Å². The molecule has 2 nitrogen and oxygen atoms in total. The summed E-state index contributed by atoms with van der Waals surface area (Å²) in [5.41, 5.74) is 9.88. The fourth-order valence-corrected chi connectivity index (χ4v) is 2.91. The van der Waals surface area contributed by atoms with Crippen molar-refractivity contribution < 1.29 is 0 Å². The number of thioether (sulfide) groups is 1. The summed E-state index contributed by atoms with van der Waals surface area (Å²) in [6.07, 6.45) is 4.34. The first kappa shape index (κ1) is 16.4. The van der Waals surface area contributed by atoms with Gasteiger partial charge in [-0.15, -0.1) is 0 Å². The molecule has 3 heteroatoms. The van der Waals surface area contributed by atoms with Crippen molar-refractivity contribution in [2.45, 2.75) is 45.7 Å². The minimum atomic E-state index is 0.225. The van der Waals surface area contributed by atoms with Crippen molar-refractivity contribution in [1.82, 2.24) is 0 Å². The number of rotatable bonds is 7. The summed E-state index contributed by atoms with van der Waals surface area (Å²) in [6, 6.07) is 7.52. The lowest BCUT2D eigenvalue weighted by Gasteiger charge is -2.28. The first-order valence-corrected chi connectivity index (χ1v) is 8.42. The minimum absolute atomic E-state index is 0.225. The molecule has 2 atom stereocenters. The van der Waals surface area contributed by atoms with Crippen molar-refractivity contribution in [3.8, 4) is 0 Å². The van der Waals surface area contributed by atoms with Gasteiger partial charge in [-0.1, -0.05) is 12.1 Å². The summed E-state index contributed by atoms with van der Waals surface area (Å²) in [4.78, 5) is 2.39. The van der Waals surface area contributed by atoms with Crippen LogP contribution in [-0.4, -0.2) is 31.1 Å². The standard InChI is InChI=1S/C16H28N2S/c1-12-10-15(11-13(2)17)6-7-16(12)18(4)14(3)8-9-19-5/h6-7,10,13-14H,8-9,11,17H2,1-5H3. The quantitative estimate of drug-likeness (QED) is 0.829. The molecule has 0 spiro atoms. The molecule has 2 N–H and O–H groups in total. The number of hydrogen-bond acceptors (Lipinski definition) is 3. The molecular formula is C16H28N2S. The molecule has 1 aromatic carbocycles. The third kappa shape index (κ3) is 5.07. The molecule has 0 aromatic heterocycles. The predicted molar refractivity (Wildman–Crippen MR) is 89.4 cm³/mol. The van der Waals surface area contributed by atoms with E-state index < -0.39 is 0 Å². The number of benzene rings is 1. The van der Waals surface area contributed by atoms with Crippen LogP contribution in [0.25, 0.3) is 0 Å². The molecule has 108 valence electrons. The lowest BCUT2D eigenvalue weighted by molar-refractivity contribution is 0.667. The van der Waals surface area contributed by atoms with Crippen LogP contribution in [0, 0.1) is 6.92 Å². The molecule has 0 amide bonds. The van der Waals surface area contributed by atoms with Gasteiger partial charge >= 0.3 is 0 Å². The summed E-state index contributed by atoms with van der Waals surface area (Å²) in [5, 5.41) is 0. The van der Waals surface area contributed by atoms with Crippen molar-refractivity contribution >= 4 is 17.4 Å². The van der Waals surface area contributed by atoms with E-state index in [9.17, 15) is 0 Å². The molecule has 0 radical (unpaired) electrons. The fraction of sp³-hybridized carbons (Fsp3) is 0.625. The number of hydrogen-bond donors (Lipinski definition) is 1. The fourth-order valence-electron chi connectivity index (χ4n) is 2.33. The maximum Gasteiger partial charge on any atom is 0.0395 e. The van der Waals surface area contributed by atoms with E-state index in [4.69, 9.17) is 5.73 Å². The third-order valence-electron chi connectivity index (χ3n) is 3.60. The number of nitrogens with two attached hydrogens (primary N) is 1. The minimum Gasteiger partial charge on any atom is -0.372 e.